The van der Waals surface area contributed by atoms with Gasteiger partial charge in [0.05, 0.1) is 11.0 Å². The van der Waals surface area contributed by atoms with Gasteiger partial charge in [-0.2, -0.15) is 0 Å². The monoisotopic (exact) mass is 310 g/mol. The normalized spacial score (nSPS) is 19.5. The maximum Gasteiger partial charge on any atom is 0.261 e. The third-order valence-electron chi connectivity index (χ3n) is 3.86. The average Bonchev–Trinajstić information content (AvgIpc) is 3.13. The molecule has 1 aromatic rings. The Morgan fingerprint density at radius 1 is 1.57 bits per heavy atom. The second kappa shape index (κ2) is 7.56. The molecule has 0 bridgehead atoms. The standard InChI is InChI=1S/C15H22N2O3S/c1-11(18)12-6-8-17(10-12)14(19)5-2-7-16-15(20)13-4-3-9-21-13/h3-4,9,11-12,18H,2,5-8,10H2,1H3,(H,16,20). The largest absolute Gasteiger partial charge is 0.393 e. The second-order valence-corrected chi connectivity index (χ2v) is 6.41. The van der Waals surface area contributed by atoms with Gasteiger partial charge in [0, 0.05) is 32.0 Å². The van der Waals surface area contributed by atoms with Crippen LogP contribution in [0.5, 0.6) is 0 Å². The fourth-order valence-electron chi connectivity index (χ4n) is 2.50. The van der Waals surface area contributed by atoms with Crippen LogP contribution in [-0.2, 0) is 4.79 Å². The molecule has 0 saturated carbocycles. The first-order valence-electron chi connectivity index (χ1n) is 7.35. The van der Waals surface area contributed by atoms with Crippen LogP contribution in [0, 0.1) is 5.92 Å². The van der Waals surface area contributed by atoms with Crippen LogP contribution in [-0.4, -0.2) is 47.6 Å². The molecule has 1 aromatic heterocycles. The Kier molecular flexibility index (Phi) is 5.76. The number of hydrogen-bond acceptors (Lipinski definition) is 4. The maximum absolute atomic E-state index is 12.0. The topological polar surface area (TPSA) is 69.6 Å². The number of aliphatic hydroxyl groups is 1. The van der Waals surface area contributed by atoms with Crippen LogP contribution in [0.2, 0.25) is 0 Å². The van der Waals surface area contributed by atoms with Crippen molar-refractivity contribution in [2.75, 3.05) is 19.6 Å². The first-order chi connectivity index (χ1) is 10.1. The summed E-state index contributed by atoms with van der Waals surface area (Å²) < 4.78 is 0. The second-order valence-electron chi connectivity index (χ2n) is 5.47. The van der Waals surface area contributed by atoms with E-state index in [1.165, 1.54) is 11.3 Å². The predicted molar refractivity (Wildman–Crippen MR) is 82.3 cm³/mol. The molecule has 1 saturated heterocycles. The minimum atomic E-state index is -0.354. The van der Waals surface area contributed by atoms with Crippen LogP contribution >= 0.6 is 11.3 Å². The third kappa shape index (κ3) is 4.54. The van der Waals surface area contributed by atoms with Gasteiger partial charge in [0.2, 0.25) is 5.91 Å². The van der Waals surface area contributed by atoms with E-state index in [4.69, 9.17) is 0 Å². The summed E-state index contributed by atoms with van der Waals surface area (Å²) in [4.78, 5) is 26.2. The van der Waals surface area contributed by atoms with Crippen molar-refractivity contribution < 1.29 is 14.7 Å². The smallest absolute Gasteiger partial charge is 0.261 e. The highest BCUT2D eigenvalue weighted by Crippen LogP contribution is 2.20. The van der Waals surface area contributed by atoms with Gasteiger partial charge in [-0.15, -0.1) is 11.3 Å². The Morgan fingerprint density at radius 3 is 3.00 bits per heavy atom. The number of nitrogens with one attached hydrogen (secondary N) is 1. The van der Waals surface area contributed by atoms with Crippen LogP contribution in [0.4, 0.5) is 0 Å². The fraction of sp³-hybridized carbons (Fsp3) is 0.600. The van der Waals surface area contributed by atoms with Gasteiger partial charge in [-0.05, 0) is 31.2 Å². The number of aliphatic hydroxyl groups excluding tert-OH is 1. The van der Waals surface area contributed by atoms with Crippen molar-refractivity contribution in [3.8, 4) is 0 Å². The van der Waals surface area contributed by atoms with Crippen LogP contribution in [0.3, 0.4) is 0 Å². The van der Waals surface area contributed by atoms with Crippen LogP contribution in [0.1, 0.15) is 35.9 Å². The molecule has 1 aliphatic rings. The van der Waals surface area contributed by atoms with Gasteiger partial charge in [-0.3, -0.25) is 9.59 Å². The van der Waals surface area contributed by atoms with E-state index in [2.05, 4.69) is 5.32 Å². The van der Waals surface area contributed by atoms with E-state index in [0.29, 0.717) is 30.8 Å². The van der Waals surface area contributed by atoms with Gasteiger partial charge in [-0.1, -0.05) is 6.07 Å². The summed E-state index contributed by atoms with van der Waals surface area (Å²) in [7, 11) is 0. The van der Waals surface area contributed by atoms with E-state index < -0.39 is 0 Å². The van der Waals surface area contributed by atoms with Gasteiger partial charge in [0.1, 0.15) is 0 Å². The van der Waals surface area contributed by atoms with E-state index in [1.54, 1.807) is 13.0 Å². The molecule has 2 unspecified atom stereocenters. The average molecular weight is 310 g/mol. The van der Waals surface area contributed by atoms with E-state index in [1.807, 2.05) is 16.3 Å². The van der Waals surface area contributed by atoms with Crippen molar-refractivity contribution in [3.05, 3.63) is 22.4 Å². The van der Waals surface area contributed by atoms with E-state index in [0.717, 1.165) is 13.0 Å². The summed E-state index contributed by atoms with van der Waals surface area (Å²) in [6.07, 6.45) is 1.61. The Balaban J connectivity index is 1.63. The minimum absolute atomic E-state index is 0.0761. The van der Waals surface area contributed by atoms with Gasteiger partial charge in [-0.25, -0.2) is 0 Å². The van der Waals surface area contributed by atoms with E-state index in [-0.39, 0.29) is 23.8 Å². The zero-order chi connectivity index (χ0) is 15.2. The van der Waals surface area contributed by atoms with Crippen molar-refractivity contribution in [2.45, 2.75) is 32.3 Å². The van der Waals surface area contributed by atoms with Gasteiger partial charge < -0.3 is 15.3 Å². The van der Waals surface area contributed by atoms with E-state index >= 15 is 0 Å². The van der Waals surface area contributed by atoms with Crippen molar-refractivity contribution in [1.29, 1.82) is 0 Å². The molecule has 0 aromatic carbocycles. The third-order valence-corrected chi connectivity index (χ3v) is 4.73. The Morgan fingerprint density at radius 2 is 2.38 bits per heavy atom. The lowest BCUT2D eigenvalue weighted by Gasteiger charge is -2.17. The first kappa shape index (κ1) is 16.0. The SMILES string of the molecule is CC(O)C1CCN(C(=O)CCCNC(=O)c2cccs2)C1. The molecule has 2 heterocycles. The molecule has 6 heteroatoms. The van der Waals surface area contributed by atoms with Crippen molar-refractivity contribution >= 4 is 23.2 Å². The molecule has 1 aliphatic heterocycles. The fourth-order valence-corrected chi connectivity index (χ4v) is 3.14. The summed E-state index contributed by atoms with van der Waals surface area (Å²) >= 11 is 1.41. The van der Waals surface area contributed by atoms with Gasteiger partial charge >= 0.3 is 0 Å². The quantitative estimate of drug-likeness (QED) is 0.782. The minimum Gasteiger partial charge on any atom is -0.393 e. The lowest BCUT2D eigenvalue weighted by molar-refractivity contribution is -0.130. The highest BCUT2D eigenvalue weighted by molar-refractivity contribution is 7.12. The molecule has 0 radical (unpaired) electrons. The van der Waals surface area contributed by atoms with Crippen LogP contribution in [0.15, 0.2) is 17.5 Å². The summed E-state index contributed by atoms with van der Waals surface area (Å²) in [5.41, 5.74) is 0. The van der Waals surface area contributed by atoms with Crippen LogP contribution < -0.4 is 5.32 Å². The Labute approximate surface area is 129 Å². The number of carbonyl (C=O) groups is 2. The van der Waals surface area contributed by atoms with Crippen LogP contribution in [0.25, 0.3) is 0 Å². The Bertz CT molecular complexity index is 473. The molecular weight excluding hydrogens is 288 g/mol. The number of thiophene rings is 1. The lowest BCUT2D eigenvalue weighted by atomic mass is 10.0. The number of nitrogens with zero attached hydrogens (tertiary/aromatic N) is 1. The molecule has 5 nitrogen and oxygen atoms in total. The first-order valence-corrected chi connectivity index (χ1v) is 8.23. The summed E-state index contributed by atoms with van der Waals surface area (Å²) in [6, 6.07) is 3.63. The van der Waals surface area contributed by atoms with E-state index in [9.17, 15) is 14.7 Å². The molecule has 1 fully saturated rings. The molecule has 2 amide bonds. The van der Waals surface area contributed by atoms with Crippen molar-refractivity contribution in [3.63, 3.8) is 0 Å². The number of amides is 2. The zero-order valence-electron chi connectivity index (χ0n) is 12.2. The number of carbonyl (C=O) groups excluding carboxylic acids is 2. The molecule has 116 valence electrons. The van der Waals surface area contributed by atoms with Gasteiger partial charge in [0.25, 0.3) is 5.91 Å². The summed E-state index contributed by atoms with van der Waals surface area (Å²) in [6.45, 7) is 3.67. The Hall–Kier alpha value is -1.40. The van der Waals surface area contributed by atoms with Gasteiger partial charge in [0.15, 0.2) is 0 Å². The molecule has 2 rings (SSSR count). The van der Waals surface area contributed by atoms with Crippen molar-refractivity contribution in [1.82, 2.24) is 10.2 Å². The lowest BCUT2D eigenvalue weighted by Crippen LogP contribution is -2.31. The molecule has 0 spiro atoms. The molecular formula is C15H22N2O3S. The number of likely N-dealkylation sites (tertiary alicyclic amines) is 1. The molecule has 0 aliphatic carbocycles. The number of rotatable bonds is 6. The predicted octanol–water partition coefficient (Wildman–Crippen LogP) is 1.49. The van der Waals surface area contributed by atoms with Crippen molar-refractivity contribution in [2.24, 2.45) is 5.92 Å². The molecule has 2 N–H and O–H groups in total. The highest BCUT2D eigenvalue weighted by atomic mass is 32.1. The molecule has 2 atom stereocenters. The summed E-state index contributed by atoms with van der Waals surface area (Å²) in [5.74, 6) is 0.240. The highest BCUT2D eigenvalue weighted by Gasteiger charge is 2.28. The number of hydrogen-bond donors (Lipinski definition) is 2. The molecule has 21 heavy (non-hydrogen) atoms. The summed E-state index contributed by atoms with van der Waals surface area (Å²) in [5, 5.41) is 14.2. The maximum atomic E-state index is 12.0. The zero-order valence-corrected chi connectivity index (χ0v) is 13.1.